The van der Waals surface area contributed by atoms with Crippen molar-refractivity contribution < 1.29 is 13.2 Å². The Morgan fingerprint density at radius 1 is 1.24 bits per heavy atom. The standard InChI is InChI=1S/C18H27N3O3S/c1-14-6-8-16(9-7-14)25(23,24)21-11-3-4-15(13-21)12-20-18(22)17-5-2-10-19-17/h6-9,15,17,19H,2-5,10-13H2,1H3,(H,20,22). The maximum atomic E-state index is 12.8. The van der Waals surface area contributed by atoms with E-state index in [-0.39, 0.29) is 17.9 Å². The Morgan fingerprint density at radius 2 is 2.00 bits per heavy atom. The highest BCUT2D eigenvalue weighted by Gasteiger charge is 2.31. The second kappa shape index (κ2) is 7.85. The highest BCUT2D eigenvalue weighted by atomic mass is 32.2. The molecule has 0 radical (unpaired) electrons. The molecule has 6 nitrogen and oxygen atoms in total. The van der Waals surface area contributed by atoms with Gasteiger partial charge in [-0.3, -0.25) is 4.79 Å². The van der Waals surface area contributed by atoms with Gasteiger partial charge in [-0.05, 0) is 57.2 Å². The largest absolute Gasteiger partial charge is 0.354 e. The Bertz CT molecular complexity index is 697. The topological polar surface area (TPSA) is 78.5 Å². The molecular formula is C18H27N3O3S. The predicted molar refractivity (Wildman–Crippen MR) is 96.7 cm³/mol. The first-order valence-corrected chi connectivity index (χ1v) is 10.5. The van der Waals surface area contributed by atoms with Crippen LogP contribution in [0.1, 0.15) is 31.2 Å². The van der Waals surface area contributed by atoms with Gasteiger partial charge in [0.25, 0.3) is 0 Å². The number of amides is 1. The van der Waals surface area contributed by atoms with Crippen LogP contribution < -0.4 is 10.6 Å². The van der Waals surface area contributed by atoms with Crippen LogP contribution in [0.5, 0.6) is 0 Å². The van der Waals surface area contributed by atoms with Gasteiger partial charge in [-0.1, -0.05) is 17.7 Å². The van der Waals surface area contributed by atoms with Crippen molar-refractivity contribution in [1.82, 2.24) is 14.9 Å². The molecule has 0 spiro atoms. The van der Waals surface area contributed by atoms with Crippen molar-refractivity contribution >= 4 is 15.9 Å². The molecular weight excluding hydrogens is 338 g/mol. The summed E-state index contributed by atoms with van der Waals surface area (Å²) in [5.41, 5.74) is 1.04. The fourth-order valence-electron chi connectivity index (χ4n) is 3.55. The van der Waals surface area contributed by atoms with E-state index in [2.05, 4.69) is 10.6 Å². The molecule has 2 N–H and O–H groups in total. The van der Waals surface area contributed by atoms with E-state index in [0.29, 0.717) is 24.5 Å². The van der Waals surface area contributed by atoms with Gasteiger partial charge >= 0.3 is 0 Å². The predicted octanol–water partition coefficient (Wildman–Crippen LogP) is 1.26. The van der Waals surface area contributed by atoms with Crippen molar-refractivity contribution in [3.8, 4) is 0 Å². The van der Waals surface area contributed by atoms with Gasteiger partial charge in [0.05, 0.1) is 10.9 Å². The zero-order valence-corrected chi connectivity index (χ0v) is 15.5. The van der Waals surface area contributed by atoms with Crippen LogP contribution in [-0.4, -0.2) is 50.9 Å². The van der Waals surface area contributed by atoms with E-state index < -0.39 is 10.0 Å². The number of hydrogen-bond donors (Lipinski definition) is 2. The number of rotatable bonds is 5. The van der Waals surface area contributed by atoms with E-state index in [1.165, 1.54) is 0 Å². The third-order valence-electron chi connectivity index (χ3n) is 5.08. The Balaban J connectivity index is 1.58. The zero-order valence-electron chi connectivity index (χ0n) is 14.7. The van der Waals surface area contributed by atoms with E-state index in [0.717, 1.165) is 37.8 Å². The van der Waals surface area contributed by atoms with Crippen LogP contribution in [0.3, 0.4) is 0 Å². The molecule has 0 bridgehead atoms. The van der Waals surface area contributed by atoms with Crippen LogP contribution in [0.4, 0.5) is 0 Å². The van der Waals surface area contributed by atoms with E-state index >= 15 is 0 Å². The molecule has 2 heterocycles. The molecule has 1 aromatic rings. The number of sulfonamides is 1. The smallest absolute Gasteiger partial charge is 0.243 e. The van der Waals surface area contributed by atoms with Crippen molar-refractivity contribution in [2.75, 3.05) is 26.2 Å². The minimum absolute atomic E-state index is 0.0380. The molecule has 1 aromatic carbocycles. The summed E-state index contributed by atoms with van der Waals surface area (Å²) in [7, 11) is -3.46. The minimum Gasteiger partial charge on any atom is -0.354 e. The Hall–Kier alpha value is -1.44. The highest BCUT2D eigenvalue weighted by Crippen LogP contribution is 2.23. The molecule has 0 saturated carbocycles. The van der Waals surface area contributed by atoms with Gasteiger partial charge in [0.15, 0.2) is 0 Å². The number of piperidine rings is 1. The lowest BCUT2D eigenvalue weighted by Gasteiger charge is -2.32. The van der Waals surface area contributed by atoms with E-state index in [1.54, 1.807) is 16.4 Å². The summed E-state index contributed by atoms with van der Waals surface area (Å²) in [6.45, 7) is 4.38. The quantitative estimate of drug-likeness (QED) is 0.824. The van der Waals surface area contributed by atoms with Crippen molar-refractivity contribution in [2.45, 2.75) is 43.5 Å². The van der Waals surface area contributed by atoms with Gasteiger partial charge < -0.3 is 10.6 Å². The fourth-order valence-corrected chi connectivity index (χ4v) is 5.10. The second-order valence-electron chi connectivity index (χ2n) is 7.08. The third-order valence-corrected chi connectivity index (χ3v) is 6.96. The first-order chi connectivity index (χ1) is 12.0. The summed E-state index contributed by atoms with van der Waals surface area (Å²) in [4.78, 5) is 12.5. The first kappa shape index (κ1) is 18.4. The monoisotopic (exact) mass is 365 g/mol. The summed E-state index contributed by atoms with van der Waals surface area (Å²) in [6, 6.07) is 6.90. The Kier molecular flexibility index (Phi) is 5.76. The van der Waals surface area contributed by atoms with E-state index in [1.807, 2.05) is 19.1 Å². The van der Waals surface area contributed by atoms with Gasteiger partial charge in [0.2, 0.25) is 15.9 Å². The zero-order chi connectivity index (χ0) is 17.9. The lowest BCUT2D eigenvalue weighted by atomic mass is 9.99. The molecule has 2 atom stereocenters. The summed E-state index contributed by atoms with van der Waals surface area (Å²) in [6.07, 6.45) is 3.68. The second-order valence-corrected chi connectivity index (χ2v) is 9.02. The molecule has 0 aromatic heterocycles. The van der Waals surface area contributed by atoms with E-state index in [9.17, 15) is 13.2 Å². The lowest BCUT2D eigenvalue weighted by molar-refractivity contribution is -0.123. The number of carbonyl (C=O) groups excluding carboxylic acids is 1. The van der Waals surface area contributed by atoms with Gasteiger partial charge in [0.1, 0.15) is 0 Å². The summed E-state index contributed by atoms with van der Waals surface area (Å²) < 4.78 is 27.2. The number of nitrogens with zero attached hydrogens (tertiary/aromatic N) is 1. The third kappa shape index (κ3) is 4.40. The van der Waals surface area contributed by atoms with Crippen LogP contribution in [-0.2, 0) is 14.8 Å². The summed E-state index contributed by atoms with van der Waals surface area (Å²) in [5, 5.41) is 6.18. The number of hydrogen-bond acceptors (Lipinski definition) is 4. The van der Waals surface area contributed by atoms with Gasteiger partial charge in [-0.2, -0.15) is 4.31 Å². The van der Waals surface area contributed by atoms with Crippen molar-refractivity contribution in [1.29, 1.82) is 0 Å². The van der Waals surface area contributed by atoms with Crippen LogP contribution in [0, 0.1) is 12.8 Å². The molecule has 25 heavy (non-hydrogen) atoms. The molecule has 0 aliphatic carbocycles. The van der Waals surface area contributed by atoms with E-state index in [4.69, 9.17) is 0 Å². The Morgan fingerprint density at radius 3 is 2.68 bits per heavy atom. The molecule has 7 heteroatoms. The number of aryl methyl sites for hydroxylation is 1. The molecule has 2 unspecified atom stereocenters. The average molecular weight is 365 g/mol. The van der Waals surface area contributed by atoms with Crippen LogP contribution in [0.25, 0.3) is 0 Å². The maximum absolute atomic E-state index is 12.8. The van der Waals surface area contributed by atoms with Gasteiger partial charge in [-0.25, -0.2) is 8.42 Å². The average Bonchev–Trinajstić information content (AvgIpc) is 3.15. The number of nitrogens with one attached hydrogen (secondary N) is 2. The molecule has 2 aliphatic heterocycles. The van der Waals surface area contributed by atoms with Crippen LogP contribution in [0.2, 0.25) is 0 Å². The molecule has 2 fully saturated rings. The van der Waals surface area contributed by atoms with Crippen molar-refractivity contribution in [2.24, 2.45) is 5.92 Å². The first-order valence-electron chi connectivity index (χ1n) is 9.05. The minimum atomic E-state index is -3.46. The summed E-state index contributed by atoms with van der Waals surface area (Å²) >= 11 is 0. The van der Waals surface area contributed by atoms with Crippen LogP contribution >= 0.6 is 0 Å². The normalized spacial score (nSPS) is 25.0. The lowest BCUT2D eigenvalue weighted by Crippen LogP contribution is -2.46. The highest BCUT2D eigenvalue weighted by molar-refractivity contribution is 7.89. The van der Waals surface area contributed by atoms with Gasteiger partial charge in [0, 0.05) is 19.6 Å². The fraction of sp³-hybridized carbons (Fsp3) is 0.611. The van der Waals surface area contributed by atoms with Crippen LogP contribution in [0.15, 0.2) is 29.2 Å². The SMILES string of the molecule is Cc1ccc(S(=O)(=O)N2CCCC(CNC(=O)C3CCCN3)C2)cc1. The number of carbonyl (C=O) groups is 1. The molecule has 1 amide bonds. The van der Waals surface area contributed by atoms with Gasteiger partial charge in [-0.15, -0.1) is 0 Å². The van der Waals surface area contributed by atoms with Crippen molar-refractivity contribution in [3.63, 3.8) is 0 Å². The molecule has 2 aliphatic rings. The molecule has 2 saturated heterocycles. The molecule has 138 valence electrons. The Labute approximate surface area is 150 Å². The van der Waals surface area contributed by atoms with Crippen molar-refractivity contribution in [3.05, 3.63) is 29.8 Å². The number of benzene rings is 1. The maximum Gasteiger partial charge on any atom is 0.243 e. The molecule has 3 rings (SSSR count). The summed E-state index contributed by atoms with van der Waals surface area (Å²) in [5.74, 6) is 0.204.